The molecule has 0 unspecified atom stereocenters. The molecule has 0 radical (unpaired) electrons. The Kier molecular flexibility index (Phi) is 4.10. The molecule has 1 amide bonds. The average molecular weight is 341 g/mol. The number of amides is 1. The molecule has 2 fully saturated rings. The van der Waals surface area contributed by atoms with Crippen LogP contribution in [-0.4, -0.2) is 33.2 Å². The highest BCUT2D eigenvalue weighted by atomic mass is 19.1. The van der Waals surface area contributed by atoms with Crippen molar-refractivity contribution in [1.82, 2.24) is 14.7 Å². The fraction of sp³-hybridized carbons (Fsp3) is 0.500. The maximum absolute atomic E-state index is 14.0. The lowest BCUT2D eigenvalue weighted by Gasteiger charge is -2.25. The lowest BCUT2D eigenvalue weighted by Crippen LogP contribution is -2.39. The maximum Gasteiger partial charge on any atom is 0.226 e. The fourth-order valence-electron chi connectivity index (χ4n) is 4.18. The first-order chi connectivity index (χ1) is 12.0. The van der Waals surface area contributed by atoms with E-state index in [0.717, 1.165) is 43.7 Å². The normalized spacial score (nSPS) is 25.4. The first-order valence-electron chi connectivity index (χ1n) is 9.10. The van der Waals surface area contributed by atoms with Crippen LogP contribution in [0.2, 0.25) is 0 Å². The Morgan fingerprint density at radius 3 is 2.84 bits per heavy atom. The van der Waals surface area contributed by atoms with E-state index in [2.05, 4.69) is 18.1 Å². The highest BCUT2D eigenvalue weighted by Gasteiger charge is 2.48. The molecule has 5 heteroatoms. The van der Waals surface area contributed by atoms with Crippen LogP contribution in [0.25, 0.3) is 0 Å². The molecule has 2 aliphatic rings. The van der Waals surface area contributed by atoms with E-state index >= 15 is 0 Å². The third-order valence-corrected chi connectivity index (χ3v) is 5.56. The molecule has 1 saturated heterocycles. The summed E-state index contributed by atoms with van der Waals surface area (Å²) in [5.74, 6) is -0.0118. The van der Waals surface area contributed by atoms with Crippen LogP contribution in [0.15, 0.2) is 30.3 Å². The number of halogens is 1. The molecule has 1 saturated carbocycles. The van der Waals surface area contributed by atoms with Crippen LogP contribution in [0, 0.1) is 25.6 Å². The molecule has 1 aliphatic carbocycles. The number of carbonyl (C=O) groups is 1. The van der Waals surface area contributed by atoms with Gasteiger partial charge in [0.2, 0.25) is 5.91 Å². The van der Waals surface area contributed by atoms with Gasteiger partial charge in [-0.25, -0.2) is 4.39 Å². The van der Waals surface area contributed by atoms with E-state index in [4.69, 9.17) is 0 Å². The topological polar surface area (TPSA) is 38.1 Å². The van der Waals surface area contributed by atoms with E-state index in [0.29, 0.717) is 5.56 Å². The Labute approximate surface area is 147 Å². The molecule has 0 N–H and O–H groups in total. The predicted octanol–water partition coefficient (Wildman–Crippen LogP) is 3.43. The Morgan fingerprint density at radius 2 is 2.12 bits per heavy atom. The number of aromatic nitrogens is 2. The van der Waals surface area contributed by atoms with Gasteiger partial charge in [0.15, 0.2) is 0 Å². The maximum atomic E-state index is 14.0. The van der Waals surface area contributed by atoms with E-state index in [1.807, 2.05) is 28.6 Å². The summed E-state index contributed by atoms with van der Waals surface area (Å²) in [6.45, 7) is 5.60. The lowest BCUT2D eigenvalue weighted by atomic mass is 10.1. The molecule has 2 aromatic rings. The molecule has 4 nitrogen and oxygen atoms in total. The molecule has 3 atom stereocenters. The minimum atomic E-state index is -0.191. The molecular weight excluding hydrogens is 317 g/mol. The molecule has 0 bridgehead atoms. The summed E-state index contributed by atoms with van der Waals surface area (Å²) < 4.78 is 16.0. The fourth-order valence-corrected chi connectivity index (χ4v) is 4.18. The van der Waals surface area contributed by atoms with E-state index < -0.39 is 0 Å². The molecular formula is C20H24FN3O. The number of aryl methyl sites for hydroxylation is 2. The molecule has 1 aromatic heterocycles. The van der Waals surface area contributed by atoms with Gasteiger partial charge in [0.25, 0.3) is 0 Å². The van der Waals surface area contributed by atoms with Crippen molar-refractivity contribution in [3.8, 4) is 0 Å². The van der Waals surface area contributed by atoms with Crippen LogP contribution in [0.3, 0.4) is 0 Å². The van der Waals surface area contributed by atoms with Crippen LogP contribution >= 0.6 is 0 Å². The van der Waals surface area contributed by atoms with Crippen LogP contribution in [0.1, 0.15) is 42.1 Å². The first kappa shape index (κ1) is 16.3. The van der Waals surface area contributed by atoms with Gasteiger partial charge < -0.3 is 4.90 Å². The molecule has 0 spiro atoms. The second-order valence-corrected chi connectivity index (χ2v) is 7.41. The SMILES string of the molecule is Cc1cc(C)n(C[C@@H]2CCCN2C(=O)[C@H]2C[C@H]2c2ccccc2F)n1. The van der Waals surface area contributed by atoms with Gasteiger partial charge in [0.05, 0.1) is 18.3 Å². The molecule has 1 aliphatic heterocycles. The van der Waals surface area contributed by atoms with Gasteiger partial charge in [0, 0.05) is 18.2 Å². The van der Waals surface area contributed by atoms with Crippen molar-refractivity contribution in [2.24, 2.45) is 5.92 Å². The van der Waals surface area contributed by atoms with E-state index in [9.17, 15) is 9.18 Å². The zero-order chi connectivity index (χ0) is 17.6. The summed E-state index contributed by atoms with van der Waals surface area (Å²) in [6, 6.07) is 9.10. The third kappa shape index (κ3) is 3.08. The summed E-state index contributed by atoms with van der Waals surface area (Å²) in [5, 5.41) is 4.53. The Hall–Kier alpha value is -2.17. The van der Waals surface area contributed by atoms with Gasteiger partial charge in [-0.1, -0.05) is 18.2 Å². The van der Waals surface area contributed by atoms with Crippen molar-refractivity contribution in [3.05, 3.63) is 53.1 Å². The van der Waals surface area contributed by atoms with Crippen molar-refractivity contribution in [3.63, 3.8) is 0 Å². The molecule has 2 heterocycles. The number of benzene rings is 1. The van der Waals surface area contributed by atoms with Crippen molar-refractivity contribution >= 4 is 5.91 Å². The van der Waals surface area contributed by atoms with E-state index in [1.165, 1.54) is 6.07 Å². The monoisotopic (exact) mass is 341 g/mol. The van der Waals surface area contributed by atoms with Crippen molar-refractivity contribution in [1.29, 1.82) is 0 Å². The summed E-state index contributed by atoms with van der Waals surface area (Å²) in [5.41, 5.74) is 2.83. The number of likely N-dealkylation sites (tertiary alicyclic amines) is 1. The van der Waals surface area contributed by atoms with Crippen LogP contribution < -0.4 is 0 Å². The molecule has 132 valence electrons. The van der Waals surface area contributed by atoms with Crippen LogP contribution in [-0.2, 0) is 11.3 Å². The molecule has 25 heavy (non-hydrogen) atoms. The summed E-state index contributed by atoms with van der Waals surface area (Å²) >= 11 is 0. The highest BCUT2D eigenvalue weighted by molar-refractivity contribution is 5.83. The average Bonchev–Trinajstić information content (AvgIpc) is 3.13. The van der Waals surface area contributed by atoms with Crippen molar-refractivity contribution in [2.45, 2.75) is 51.6 Å². The summed E-state index contributed by atoms with van der Waals surface area (Å²) in [4.78, 5) is 15.0. The van der Waals surface area contributed by atoms with Gasteiger partial charge in [-0.15, -0.1) is 0 Å². The van der Waals surface area contributed by atoms with Gasteiger partial charge in [-0.2, -0.15) is 5.10 Å². The number of hydrogen-bond acceptors (Lipinski definition) is 2. The van der Waals surface area contributed by atoms with E-state index in [1.54, 1.807) is 6.07 Å². The zero-order valence-electron chi connectivity index (χ0n) is 14.8. The minimum absolute atomic E-state index is 0.0450. The second-order valence-electron chi connectivity index (χ2n) is 7.41. The largest absolute Gasteiger partial charge is 0.338 e. The van der Waals surface area contributed by atoms with Gasteiger partial charge in [0.1, 0.15) is 5.82 Å². The first-order valence-corrected chi connectivity index (χ1v) is 9.10. The summed E-state index contributed by atoms with van der Waals surface area (Å²) in [6.07, 6.45) is 2.82. The van der Waals surface area contributed by atoms with E-state index in [-0.39, 0.29) is 29.6 Å². The Morgan fingerprint density at radius 1 is 1.32 bits per heavy atom. The number of hydrogen-bond donors (Lipinski definition) is 0. The van der Waals surface area contributed by atoms with Crippen LogP contribution in [0.5, 0.6) is 0 Å². The van der Waals surface area contributed by atoms with Gasteiger partial charge in [-0.3, -0.25) is 9.48 Å². The quantitative estimate of drug-likeness (QED) is 0.854. The van der Waals surface area contributed by atoms with Crippen LogP contribution in [0.4, 0.5) is 4.39 Å². The number of nitrogens with zero attached hydrogens (tertiary/aromatic N) is 3. The molecule has 4 rings (SSSR count). The standard InChI is InChI=1S/C20H24FN3O/c1-13-10-14(2)24(22-13)12-15-6-5-9-23(15)20(25)18-11-17(18)16-7-3-4-8-19(16)21/h3-4,7-8,10,15,17-18H,5-6,9,11-12H2,1-2H3/t15-,17-,18-/m0/s1. The lowest BCUT2D eigenvalue weighted by molar-refractivity contribution is -0.133. The minimum Gasteiger partial charge on any atom is -0.338 e. The third-order valence-electron chi connectivity index (χ3n) is 5.56. The zero-order valence-corrected chi connectivity index (χ0v) is 14.8. The van der Waals surface area contributed by atoms with Gasteiger partial charge >= 0.3 is 0 Å². The summed E-state index contributed by atoms with van der Waals surface area (Å²) in [7, 11) is 0. The predicted molar refractivity (Wildman–Crippen MR) is 93.7 cm³/mol. The number of carbonyl (C=O) groups excluding carboxylic acids is 1. The highest BCUT2D eigenvalue weighted by Crippen LogP contribution is 2.49. The Bertz CT molecular complexity index is 800. The second kappa shape index (κ2) is 6.28. The smallest absolute Gasteiger partial charge is 0.226 e. The molecule has 1 aromatic carbocycles. The number of rotatable bonds is 4. The Balaban J connectivity index is 1.45. The van der Waals surface area contributed by atoms with Gasteiger partial charge in [-0.05, 0) is 56.7 Å². The van der Waals surface area contributed by atoms with Crippen molar-refractivity contribution < 1.29 is 9.18 Å². The van der Waals surface area contributed by atoms with Crippen molar-refractivity contribution in [2.75, 3.05) is 6.54 Å².